The molecule has 2 N–H and O–H groups in total. The Balaban J connectivity index is 2.74. The van der Waals surface area contributed by atoms with E-state index in [0.717, 1.165) is 17.0 Å². The predicted molar refractivity (Wildman–Crippen MR) is 48.5 cm³/mol. The number of nitrogens with two attached hydrogens (primary N) is 1. The highest BCUT2D eigenvalue weighted by molar-refractivity contribution is 6.30. The summed E-state index contributed by atoms with van der Waals surface area (Å²) < 4.78 is 0. The van der Waals surface area contributed by atoms with Crippen LogP contribution in [0.1, 0.15) is 5.56 Å². The molecule has 1 aromatic carbocycles. The van der Waals surface area contributed by atoms with Gasteiger partial charge in [-0.1, -0.05) is 30.3 Å². The molecular weight excluding hydrogens is 158 g/mol. The van der Waals surface area contributed by atoms with Crippen molar-refractivity contribution in [2.24, 2.45) is 5.73 Å². The van der Waals surface area contributed by atoms with Crippen molar-refractivity contribution in [3.63, 3.8) is 0 Å². The zero-order valence-electron chi connectivity index (χ0n) is 6.18. The minimum absolute atomic E-state index is 0.673. The molecule has 0 bridgehead atoms. The molecule has 0 fully saturated rings. The Bertz CT molecular complexity index is 251. The molecule has 2 heteroatoms. The first-order valence-electron chi connectivity index (χ1n) is 3.36. The van der Waals surface area contributed by atoms with E-state index in [1.54, 1.807) is 0 Å². The van der Waals surface area contributed by atoms with Gasteiger partial charge in [0.05, 0.1) is 0 Å². The standard InChI is InChI=1S/C9H10ClN/c1-7(11)6-8-2-4-9(10)5-3-8/h2-5H,1,6,11H2. The van der Waals surface area contributed by atoms with E-state index in [-0.39, 0.29) is 0 Å². The van der Waals surface area contributed by atoms with E-state index in [9.17, 15) is 0 Å². The van der Waals surface area contributed by atoms with Crippen molar-refractivity contribution in [2.75, 3.05) is 0 Å². The van der Waals surface area contributed by atoms with Gasteiger partial charge in [0.15, 0.2) is 0 Å². The summed E-state index contributed by atoms with van der Waals surface area (Å²) in [5, 5.41) is 0.747. The van der Waals surface area contributed by atoms with Gasteiger partial charge in [0.25, 0.3) is 0 Å². The molecule has 0 unspecified atom stereocenters. The molecule has 58 valence electrons. The SMILES string of the molecule is C=C(N)Cc1ccc(Cl)cc1. The predicted octanol–water partition coefficient (Wildman–Crippen LogP) is 2.35. The van der Waals surface area contributed by atoms with E-state index in [1.807, 2.05) is 24.3 Å². The van der Waals surface area contributed by atoms with E-state index >= 15 is 0 Å². The molecule has 0 heterocycles. The van der Waals surface area contributed by atoms with Crippen molar-refractivity contribution in [1.29, 1.82) is 0 Å². The van der Waals surface area contributed by atoms with Gasteiger partial charge in [-0.3, -0.25) is 0 Å². The summed E-state index contributed by atoms with van der Waals surface area (Å²) in [4.78, 5) is 0. The molecule has 0 aromatic heterocycles. The number of benzene rings is 1. The molecular formula is C9H10ClN. The Kier molecular flexibility index (Phi) is 2.55. The van der Waals surface area contributed by atoms with Gasteiger partial charge < -0.3 is 5.73 Å². The largest absolute Gasteiger partial charge is 0.402 e. The molecule has 11 heavy (non-hydrogen) atoms. The van der Waals surface area contributed by atoms with Crippen molar-refractivity contribution >= 4 is 11.6 Å². The summed E-state index contributed by atoms with van der Waals surface area (Å²) >= 11 is 5.69. The second-order valence-corrected chi connectivity index (χ2v) is 2.90. The maximum Gasteiger partial charge on any atom is 0.0406 e. The van der Waals surface area contributed by atoms with Crippen LogP contribution in [0.3, 0.4) is 0 Å². The molecule has 0 aliphatic rings. The maximum absolute atomic E-state index is 5.69. The van der Waals surface area contributed by atoms with Crippen LogP contribution in [-0.2, 0) is 6.42 Å². The van der Waals surface area contributed by atoms with Gasteiger partial charge in [-0.25, -0.2) is 0 Å². The van der Waals surface area contributed by atoms with Gasteiger partial charge in [0, 0.05) is 17.1 Å². The summed E-state index contributed by atoms with van der Waals surface area (Å²) in [5.41, 5.74) is 7.25. The number of allylic oxidation sites excluding steroid dienone is 1. The minimum atomic E-state index is 0.673. The Morgan fingerprint density at radius 1 is 1.36 bits per heavy atom. The van der Waals surface area contributed by atoms with Crippen LogP contribution in [0.2, 0.25) is 5.02 Å². The first kappa shape index (κ1) is 8.15. The van der Waals surface area contributed by atoms with Crippen molar-refractivity contribution in [1.82, 2.24) is 0 Å². The molecule has 0 saturated carbocycles. The van der Waals surface area contributed by atoms with E-state index in [0.29, 0.717) is 5.70 Å². The highest BCUT2D eigenvalue weighted by Gasteiger charge is 1.92. The number of hydrogen-bond donors (Lipinski definition) is 1. The first-order chi connectivity index (χ1) is 5.18. The lowest BCUT2D eigenvalue weighted by atomic mass is 10.1. The van der Waals surface area contributed by atoms with Crippen LogP contribution in [-0.4, -0.2) is 0 Å². The fraction of sp³-hybridized carbons (Fsp3) is 0.111. The summed E-state index contributed by atoms with van der Waals surface area (Å²) in [6.07, 6.45) is 0.719. The van der Waals surface area contributed by atoms with E-state index < -0.39 is 0 Å². The van der Waals surface area contributed by atoms with Gasteiger partial charge in [-0.05, 0) is 17.7 Å². The summed E-state index contributed by atoms with van der Waals surface area (Å²) in [6.45, 7) is 3.62. The van der Waals surface area contributed by atoms with Crippen molar-refractivity contribution < 1.29 is 0 Å². The van der Waals surface area contributed by atoms with Crippen molar-refractivity contribution in [3.05, 3.63) is 47.1 Å². The third-order valence-electron chi connectivity index (χ3n) is 1.34. The van der Waals surface area contributed by atoms with E-state index in [4.69, 9.17) is 17.3 Å². The van der Waals surface area contributed by atoms with Crippen molar-refractivity contribution in [3.8, 4) is 0 Å². The van der Waals surface area contributed by atoms with Gasteiger partial charge in [-0.2, -0.15) is 0 Å². The van der Waals surface area contributed by atoms with Crippen LogP contribution in [0.25, 0.3) is 0 Å². The van der Waals surface area contributed by atoms with E-state index in [2.05, 4.69) is 6.58 Å². The Morgan fingerprint density at radius 2 is 1.91 bits per heavy atom. The van der Waals surface area contributed by atoms with E-state index in [1.165, 1.54) is 0 Å². The zero-order valence-corrected chi connectivity index (χ0v) is 6.93. The fourth-order valence-electron chi connectivity index (χ4n) is 0.864. The second-order valence-electron chi connectivity index (χ2n) is 2.46. The highest BCUT2D eigenvalue weighted by Crippen LogP contribution is 2.10. The van der Waals surface area contributed by atoms with Crippen molar-refractivity contribution in [2.45, 2.75) is 6.42 Å². The highest BCUT2D eigenvalue weighted by atomic mass is 35.5. The zero-order chi connectivity index (χ0) is 8.27. The first-order valence-corrected chi connectivity index (χ1v) is 3.74. The third-order valence-corrected chi connectivity index (χ3v) is 1.60. The monoisotopic (exact) mass is 167 g/mol. The maximum atomic E-state index is 5.69. The average Bonchev–Trinajstić information content (AvgIpc) is 1.93. The summed E-state index contributed by atoms with van der Waals surface area (Å²) in [5.74, 6) is 0. The Morgan fingerprint density at radius 3 is 2.36 bits per heavy atom. The summed E-state index contributed by atoms with van der Waals surface area (Å²) in [6, 6.07) is 7.58. The van der Waals surface area contributed by atoms with Crippen LogP contribution in [0, 0.1) is 0 Å². The fourth-order valence-corrected chi connectivity index (χ4v) is 0.990. The van der Waals surface area contributed by atoms with Gasteiger partial charge in [0.1, 0.15) is 0 Å². The molecule has 1 aromatic rings. The number of rotatable bonds is 2. The number of hydrogen-bond acceptors (Lipinski definition) is 1. The molecule has 0 spiro atoms. The topological polar surface area (TPSA) is 26.0 Å². The lowest BCUT2D eigenvalue weighted by Gasteiger charge is -1.99. The molecule has 0 amide bonds. The molecule has 1 nitrogen and oxygen atoms in total. The molecule has 0 saturated heterocycles. The lowest BCUT2D eigenvalue weighted by Crippen LogP contribution is -1.98. The molecule has 1 rings (SSSR count). The Labute approximate surface area is 71.5 Å². The lowest BCUT2D eigenvalue weighted by molar-refractivity contribution is 1.12. The normalized spacial score (nSPS) is 9.55. The third kappa shape index (κ3) is 2.64. The smallest absolute Gasteiger partial charge is 0.0406 e. The quantitative estimate of drug-likeness (QED) is 0.719. The molecule has 0 aliphatic carbocycles. The second kappa shape index (κ2) is 3.44. The average molecular weight is 168 g/mol. The van der Waals surface area contributed by atoms with Gasteiger partial charge >= 0.3 is 0 Å². The van der Waals surface area contributed by atoms with Crippen LogP contribution in [0.5, 0.6) is 0 Å². The van der Waals surface area contributed by atoms with Crippen LogP contribution < -0.4 is 5.73 Å². The molecule has 0 aliphatic heterocycles. The van der Waals surface area contributed by atoms with Crippen LogP contribution >= 0.6 is 11.6 Å². The van der Waals surface area contributed by atoms with Gasteiger partial charge in [0.2, 0.25) is 0 Å². The molecule has 0 atom stereocenters. The van der Waals surface area contributed by atoms with Crippen LogP contribution in [0.4, 0.5) is 0 Å². The summed E-state index contributed by atoms with van der Waals surface area (Å²) in [7, 11) is 0. The minimum Gasteiger partial charge on any atom is -0.402 e. The Hall–Kier alpha value is -0.950. The number of halogens is 1. The molecule has 0 radical (unpaired) electrons. The van der Waals surface area contributed by atoms with Gasteiger partial charge in [-0.15, -0.1) is 0 Å². The van der Waals surface area contributed by atoms with Crippen LogP contribution in [0.15, 0.2) is 36.5 Å².